The number of halogens is 1. The number of carbonyl (C=O) groups excluding carboxylic acids is 1. The summed E-state index contributed by atoms with van der Waals surface area (Å²) >= 11 is 1.32. The van der Waals surface area contributed by atoms with E-state index in [-0.39, 0.29) is 17.8 Å². The van der Waals surface area contributed by atoms with Gasteiger partial charge in [0.05, 0.1) is 26.0 Å². The second-order valence-corrected chi connectivity index (χ2v) is 8.25. The average molecular weight is 444 g/mol. The molecule has 2 aromatic carbocycles. The molecule has 0 aliphatic rings. The molecule has 0 saturated heterocycles. The van der Waals surface area contributed by atoms with E-state index in [0.717, 1.165) is 16.1 Å². The number of amides is 1. The monoisotopic (exact) mass is 443 g/mol. The quantitative estimate of drug-likeness (QED) is 0.562. The third-order valence-electron chi connectivity index (χ3n) is 4.95. The lowest BCUT2D eigenvalue weighted by atomic mass is 10.1. The summed E-state index contributed by atoms with van der Waals surface area (Å²) in [5, 5.41) is 3.69. The summed E-state index contributed by atoms with van der Waals surface area (Å²) in [6, 6.07) is 11.8. The molecule has 8 heteroatoms. The number of thiazole rings is 1. The Morgan fingerprint density at radius 3 is 2.55 bits per heavy atom. The van der Waals surface area contributed by atoms with Gasteiger partial charge in [0, 0.05) is 12.1 Å². The van der Waals surface area contributed by atoms with Crippen LogP contribution in [-0.2, 0) is 0 Å². The lowest BCUT2D eigenvalue weighted by molar-refractivity contribution is 0.0945. The van der Waals surface area contributed by atoms with Crippen LogP contribution in [0.2, 0.25) is 0 Å². The molecule has 0 fully saturated rings. The molecule has 1 unspecified atom stereocenters. The highest BCUT2D eigenvalue weighted by atomic mass is 32.1. The van der Waals surface area contributed by atoms with Crippen molar-refractivity contribution in [1.82, 2.24) is 15.2 Å². The topological polar surface area (TPSA) is 63.7 Å². The van der Waals surface area contributed by atoms with Crippen LogP contribution >= 0.6 is 11.3 Å². The molecular weight excluding hydrogens is 417 g/mol. The number of hydrogen-bond donors (Lipinski definition) is 1. The van der Waals surface area contributed by atoms with E-state index in [1.54, 1.807) is 20.3 Å². The van der Waals surface area contributed by atoms with Crippen LogP contribution in [0.4, 0.5) is 4.39 Å². The van der Waals surface area contributed by atoms with E-state index in [1.807, 2.05) is 50.2 Å². The molecule has 164 valence electrons. The molecule has 6 nitrogen and oxygen atoms in total. The minimum absolute atomic E-state index is 0.154. The predicted molar refractivity (Wildman–Crippen MR) is 121 cm³/mol. The zero-order valence-electron chi connectivity index (χ0n) is 18.2. The number of hydrogen-bond acceptors (Lipinski definition) is 6. The summed E-state index contributed by atoms with van der Waals surface area (Å²) in [7, 11) is 6.95. The third kappa shape index (κ3) is 5.21. The van der Waals surface area contributed by atoms with Gasteiger partial charge in [0.1, 0.15) is 15.7 Å². The fraction of sp³-hybridized carbons (Fsp3) is 0.304. The van der Waals surface area contributed by atoms with E-state index >= 15 is 0 Å². The second kappa shape index (κ2) is 9.89. The van der Waals surface area contributed by atoms with Gasteiger partial charge in [0.15, 0.2) is 11.5 Å². The Morgan fingerprint density at radius 2 is 1.90 bits per heavy atom. The zero-order valence-corrected chi connectivity index (χ0v) is 19.0. The van der Waals surface area contributed by atoms with E-state index in [2.05, 4.69) is 10.3 Å². The van der Waals surface area contributed by atoms with Gasteiger partial charge in [-0.2, -0.15) is 0 Å². The van der Waals surface area contributed by atoms with Crippen molar-refractivity contribution in [1.29, 1.82) is 0 Å². The van der Waals surface area contributed by atoms with Crippen molar-refractivity contribution in [3.8, 4) is 22.1 Å². The molecule has 0 bridgehead atoms. The molecule has 0 aliphatic heterocycles. The SMILES string of the molecule is COc1ccc(-c2nc(C)c(C(=O)NCC(c3cccc(F)c3)N(C)C)s2)cc1OC. The fourth-order valence-electron chi connectivity index (χ4n) is 3.28. The van der Waals surface area contributed by atoms with Crippen LogP contribution in [0.25, 0.3) is 10.6 Å². The Kier molecular flexibility index (Phi) is 7.25. The van der Waals surface area contributed by atoms with Crippen molar-refractivity contribution < 1.29 is 18.7 Å². The van der Waals surface area contributed by atoms with Gasteiger partial charge in [-0.25, -0.2) is 9.37 Å². The van der Waals surface area contributed by atoms with Gasteiger partial charge in [-0.05, 0) is 56.9 Å². The smallest absolute Gasteiger partial charge is 0.263 e. The Morgan fingerprint density at radius 1 is 1.16 bits per heavy atom. The standard InChI is InChI=1S/C23H26FN3O3S/c1-14-21(31-23(26-14)16-9-10-19(29-4)20(12-16)30-5)22(28)25-13-18(27(2)3)15-7-6-8-17(24)11-15/h6-12,18H,13H2,1-5H3,(H,25,28). The molecular formula is C23H26FN3O3S. The number of aromatic nitrogens is 1. The molecule has 0 radical (unpaired) electrons. The van der Waals surface area contributed by atoms with Crippen LogP contribution in [0, 0.1) is 12.7 Å². The second-order valence-electron chi connectivity index (χ2n) is 7.25. The Labute approximate surface area is 185 Å². The first-order valence-electron chi connectivity index (χ1n) is 9.74. The molecule has 1 aromatic heterocycles. The number of ether oxygens (including phenoxy) is 2. The summed E-state index contributed by atoms with van der Waals surface area (Å²) in [6.07, 6.45) is 0. The van der Waals surface area contributed by atoms with E-state index < -0.39 is 0 Å². The number of carbonyl (C=O) groups is 1. The molecule has 1 amide bonds. The maximum atomic E-state index is 13.6. The minimum atomic E-state index is -0.298. The predicted octanol–water partition coefficient (Wildman–Crippen LogP) is 4.31. The van der Waals surface area contributed by atoms with Gasteiger partial charge >= 0.3 is 0 Å². The van der Waals surface area contributed by atoms with E-state index in [9.17, 15) is 9.18 Å². The number of likely N-dealkylation sites (N-methyl/N-ethyl adjacent to an activating group) is 1. The average Bonchev–Trinajstić information content (AvgIpc) is 3.14. The molecule has 31 heavy (non-hydrogen) atoms. The van der Waals surface area contributed by atoms with Gasteiger partial charge in [0.2, 0.25) is 0 Å². The van der Waals surface area contributed by atoms with Gasteiger partial charge in [-0.15, -0.1) is 11.3 Å². The number of rotatable bonds is 8. The highest BCUT2D eigenvalue weighted by Crippen LogP contribution is 2.35. The van der Waals surface area contributed by atoms with Crippen LogP contribution in [0.15, 0.2) is 42.5 Å². The Balaban J connectivity index is 1.78. The number of aryl methyl sites for hydroxylation is 1. The number of benzene rings is 2. The van der Waals surface area contributed by atoms with Gasteiger partial charge in [-0.1, -0.05) is 12.1 Å². The maximum absolute atomic E-state index is 13.6. The lowest BCUT2D eigenvalue weighted by Crippen LogP contribution is -2.34. The van der Waals surface area contributed by atoms with Crippen molar-refractivity contribution in [3.63, 3.8) is 0 Å². The normalized spacial score (nSPS) is 12.0. The summed E-state index contributed by atoms with van der Waals surface area (Å²) in [4.78, 5) is 19.9. The molecule has 3 rings (SSSR count). The van der Waals surface area contributed by atoms with Crippen molar-refractivity contribution in [2.24, 2.45) is 0 Å². The first-order valence-corrected chi connectivity index (χ1v) is 10.6. The van der Waals surface area contributed by atoms with Crippen LogP contribution in [0.5, 0.6) is 11.5 Å². The maximum Gasteiger partial charge on any atom is 0.263 e. The van der Waals surface area contributed by atoms with E-state index in [0.29, 0.717) is 28.6 Å². The van der Waals surface area contributed by atoms with Gasteiger partial charge < -0.3 is 19.7 Å². The summed E-state index contributed by atoms with van der Waals surface area (Å²) in [5.41, 5.74) is 2.30. The molecule has 0 aliphatic carbocycles. The van der Waals surface area contributed by atoms with Crippen LogP contribution in [-0.4, -0.2) is 50.7 Å². The minimum Gasteiger partial charge on any atom is -0.493 e. The molecule has 3 aromatic rings. The summed E-state index contributed by atoms with van der Waals surface area (Å²) < 4.78 is 24.3. The van der Waals surface area contributed by atoms with Crippen molar-refractivity contribution in [2.75, 3.05) is 34.9 Å². The highest BCUT2D eigenvalue weighted by molar-refractivity contribution is 7.17. The van der Waals surface area contributed by atoms with Crippen LogP contribution < -0.4 is 14.8 Å². The van der Waals surface area contributed by atoms with E-state index in [1.165, 1.54) is 23.5 Å². The number of methoxy groups -OCH3 is 2. The molecule has 0 spiro atoms. The summed E-state index contributed by atoms with van der Waals surface area (Å²) in [5.74, 6) is 0.728. The van der Waals surface area contributed by atoms with E-state index in [4.69, 9.17) is 9.47 Å². The van der Waals surface area contributed by atoms with Gasteiger partial charge in [0.25, 0.3) is 5.91 Å². The van der Waals surface area contributed by atoms with Crippen molar-refractivity contribution in [3.05, 3.63) is 64.4 Å². The number of nitrogens with one attached hydrogen (secondary N) is 1. The van der Waals surface area contributed by atoms with Crippen LogP contribution in [0.1, 0.15) is 27.0 Å². The fourth-order valence-corrected chi connectivity index (χ4v) is 4.26. The van der Waals surface area contributed by atoms with Gasteiger partial charge in [-0.3, -0.25) is 4.79 Å². The summed E-state index contributed by atoms with van der Waals surface area (Å²) in [6.45, 7) is 2.16. The Bertz CT molecular complexity index is 1070. The third-order valence-corrected chi connectivity index (χ3v) is 6.15. The first kappa shape index (κ1) is 22.7. The largest absolute Gasteiger partial charge is 0.493 e. The van der Waals surface area contributed by atoms with Crippen molar-refractivity contribution in [2.45, 2.75) is 13.0 Å². The molecule has 1 heterocycles. The Hall–Kier alpha value is -2.97. The molecule has 1 atom stereocenters. The van der Waals surface area contributed by atoms with Crippen LogP contribution in [0.3, 0.4) is 0 Å². The molecule has 1 N–H and O–H groups in total. The number of nitrogens with zero attached hydrogens (tertiary/aromatic N) is 2. The van der Waals surface area contributed by atoms with Crippen molar-refractivity contribution >= 4 is 17.2 Å². The lowest BCUT2D eigenvalue weighted by Gasteiger charge is -2.25. The molecule has 0 saturated carbocycles. The first-order chi connectivity index (χ1) is 14.8. The highest BCUT2D eigenvalue weighted by Gasteiger charge is 2.20. The zero-order chi connectivity index (χ0) is 22.5.